The molecule has 1 aromatic heterocycles. The van der Waals surface area contributed by atoms with Crippen molar-refractivity contribution in [2.24, 2.45) is 0 Å². The van der Waals surface area contributed by atoms with Crippen LogP contribution in [0.1, 0.15) is 24.7 Å². The van der Waals surface area contributed by atoms with Crippen LogP contribution in [0.15, 0.2) is 18.2 Å². The van der Waals surface area contributed by atoms with Crippen LogP contribution in [0, 0.1) is 11.3 Å². The van der Waals surface area contributed by atoms with E-state index in [1.165, 1.54) is 0 Å². The smallest absolute Gasteiger partial charge is 0.152 e. The minimum absolute atomic E-state index is 0.0755. The van der Waals surface area contributed by atoms with Gasteiger partial charge in [0.25, 0.3) is 0 Å². The lowest BCUT2D eigenvalue weighted by atomic mass is 10.0. The van der Waals surface area contributed by atoms with E-state index in [-0.39, 0.29) is 17.4 Å². The first-order valence-corrected chi connectivity index (χ1v) is 8.93. The second kappa shape index (κ2) is 4.72. The lowest BCUT2D eigenvalue weighted by Gasteiger charge is -2.27. The number of nitriles is 1. The SMILES string of the molecule is CC1(n2c(CCl)nc3c(C#N)cccc32)CCS(=O)(=O)C1. The number of nitrogens with zero attached hydrogens (tertiary/aromatic N) is 3. The average molecular weight is 324 g/mol. The van der Waals surface area contributed by atoms with Crippen LogP contribution in [0.25, 0.3) is 11.0 Å². The summed E-state index contributed by atoms with van der Waals surface area (Å²) in [4.78, 5) is 4.45. The zero-order chi connectivity index (χ0) is 15.3. The van der Waals surface area contributed by atoms with E-state index in [9.17, 15) is 13.7 Å². The molecule has 1 fully saturated rings. The van der Waals surface area contributed by atoms with Crippen molar-refractivity contribution >= 4 is 32.5 Å². The number of rotatable bonds is 2. The van der Waals surface area contributed by atoms with E-state index in [0.717, 1.165) is 5.52 Å². The molecule has 7 heteroatoms. The fraction of sp³-hybridized carbons (Fsp3) is 0.429. The maximum atomic E-state index is 11.9. The van der Waals surface area contributed by atoms with Gasteiger partial charge in [-0.25, -0.2) is 13.4 Å². The number of sulfone groups is 1. The number of hydrogen-bond donors (Lipinski definition) is 0. The van der Waals surface area contributed by atoms with Gasteiger partial charge in [-0.15, -0.1) is 11.6 Å². The molecule has 2 heterocycles. The highest BCUT2D eigenvalue weighted by atomic mass is 35.5. The van der Waals surface area contributed by atoms with E-state index in [1.54, 1.807) is 12.1 Å². The van der Waals surface area contributed by atoms with Crippen molar-refractivity contribution in [1.82, 2.24) is 9.55 Å². The summed E-state index contributed by atoms with van der Waals surface area (Å²) in [5.74, 6) is 1.03. The Morgan fingerprint density at radius 1 is 1.52 bits per heavy atom. The van der Waals surface area contributed by atoms with Gasteiger partial charge in [-0.05, 0) is 25.5 Å². The number of hydrogen-bond acceptors (Lipinski definition) is 4. The first kappa shape index (κ1) is 14.4. The zero-order valence-electron chi connectivity index (χ0n) is 11.5. The highest BCUT2D eigenvalue weighted by molar-refractivity contribution is 7.91. The molecule has 0 amide bonds. The van der Waals surface area contributed by atoms with Crippen molar-refractivity contribution in [1.29, 1.82) is 5.26 Å². The lowest BCUT2D eigenvalue weighted by Crippen LogP contribution is -2.32. The molecule has 1 saturated heterocycles. The lowest BCUT2D eigenvalue weighted by molar-refractivity contribution is 0.367. The van der Waals surface area contributed by atoms with Gasteiger partial charge in [-0.1, -0.05) is 6.07 Å². The third-order valence-corrected chi connectivity index (χ3v) is 6.14. The van der Waals surface area contributed by atoms with Gasteiger partial charge < -0.3 is 4.57 Å². The van der Waals surface area contributed by atoms with Crippen molar-refractivity contribution < 1.29 is 8.42 Å². The Kier molecular flexibility index (Phi) is 3.23. The Hall–Kier alpha value is -1.58. The van der Waals surface area contributed by atoms with Crippen LogP contribution in [-0.2, 0) is 21.3 Å². The van der Waals surface area contributed by atoms with Crippen LogP contribution >= 0.6 is 11.6 Å². The molecule has 1 aliphatic heterocycles. The molecule has 5 nitrogen and oxygen atoms in total. The standard InChI is InChI=1S/C14H14ClN3O2S/c1-14(5-6-21(19,20)9-14)18-11-4-2-3-10(8-16)13(11)17-12(18)7-15/h2-4H,5-7,9H2,1H3. The Bertz CT molecular complexity index is 866. The van der Waals surface area contributed by atoms with Crippen molar-refractivity contribution in [3.05, 3.63) is 29.6 Å². The predicted octanol–water partition coefficient (Wildman–Crippen LogP) is 2.18. The fourth-order valence-electron chi connectivity index (χ4n) is 3.10. The molecule has 1 unspecified atom stereocenters. The molecule has 1 atom stereocenters. The predicted molar refractivity (Wildman–Crippen MR) is 80.9 cm³/mol. The van der Waals surface area contributed by atoms with Crippen molar-refractivity contribution in [2.45, 2.75) is 24.8 Å². The highest BCUT2D eigenvalue weighted by Gasteiger charge is 2.41. The molecule has 0 N–H and O–H groups in total. The third-order valence-electron chi connectivity index (χ3n) is 4.02. The van der Waals surface area contributed by atoms with E-state index in [2.05, 4.69) is 11.1 Å². The third kappa shape index (κ3) is 2.21. The van der Waals surface area contributed by atoms with Crippen LogP contribution < -0.4 is 0 Å². The van der Waals surface area contributed by atoms with E-state index in [0.29, 0.717) is 23.3 Å². The Labute approximate surface area is 128 Å². The summed E-state index contributed by atoms with van der Waals surface area (Å²) in [5, 5.41) is 9.19. The monoisotopic (exact) mass is 323 g/mol. The fourth-order valence-corrected chi connectivity index (χ4v) is 5.39. The molecule has 2 aromatic rings. The molecular weight excluding hydrogens is 310 g/mol. The summed E-state index contributed by atoms with van der Waals surface area (Å²) in [6.07, 6.45) is 0.529. The summed E-state index contributed by atoms with van der Waals surface area (Å²) in [6.45, 7) is 1.91. The van der Waals surface area contributed by atoms with Crippen molar-refractivity contribution in [3.8, 4) is 6.07 Å². The first-order valence-electron chi connectivity index (χ1n) is 6.57. The maximum absolute atomic E-state index is 11.9. The summed E-state index contributed by atoms with van der Waals surface area (Å²) in [6, 6.07) is 7.45. The Morgan fingerprint density at radius 2 is 2.29 bits per heavy atom. The molecule has 1 aliphatic rings. The summed E-state index contributed by atoms with van der Waals surface area (Å²) in [5.41, 5.74) is 1.26. The number of aromatic nitrogens is 2. The van der Waals surface area contributed by atoms with Gasteiger partial charge in [0.05, 0.1) is 34.0 Å². The van der Waals surface area contributed by atoms with E-state index < -0.39 is 15.4 Å². The second-order valence-corrected chi connectivity index (χ2v) is 8.07. The molecule has 0 saturated carbocycles. The van der Waals surface area contributed by atoms with Crippen LogP contribution in [-0.4, -0.2) is 29.5 Å². The van der Waals surface area contributed by atoms with Gasteiger partial charge in [-0.3, -0.25) is 0 Å². The van der Waals surface area contributed by atoms with Crippen LogP contribution in [0.3, 0.4) is 0 Å². The minimum atomic E-state index is -3.05. The molecule has 3 rings (SSSR count). The largest absolute Gasteiger partial charge is 0.320 e. The molecule has 0 radical (unpaired) electrons. The number of halogens is 1. The van der Waals surface area contributed by atoms with Gasteiger partial charge in [0.15, 0.2) is 9.84 Å². The summed E-state index contributed by atoms with van der Waals surface area (Å²) in [7, 11) is -3.05. The van der Waals surface area contributed by atoms with Crippen LogP contribution in [0.2, 0.25) is 0 Å². The van der Waals surface area contributed by atoms with Crippen LogP contribution in [0.5, 0.6) is 0 Å². The number of para-hydroxylation sites is 1. The van der Waals surface area contributed by atoms with E-state index >= 15 is 0 Å². The van der Waals surface area contributed by atoms with Crippen molar-refractivity contribution in [3.63, 3.8) is 0 Å². The number of imidazole rings is 1. The van der Waals surface area contributed by atoms with Gasteiger partial charge in [-0.2, -0.15) is 5.26 Å². The Morgan fingerprint density at radius 3 is 2.86 bits per heavy atom. The average Bonchev–Trinajstić information content (AvgIpc) is 2.96. The van der Waals surface area contributed by atoms with Gasteiger partial charge in [0, 0.05) is 0 Å². The molecule has 1 aromatic carbocycles. The molecular formula is C14H14ClN3O2S. The van der Waals surface area contributed by atoms with E-state index in [1.807, 2.05) is 17.6 Å². The topological polar surface area (TPSA) is 75.8 Å². The van der Waals surface area contributed by atoms with Crippen molar-refractivity contribution in [2.75, 3.05) is 11.5 Å². The Balaban J connectivity index is 2.30. The number of benzene rings is 1. The second-order valence-electron chi connectivity index (χ2n) is 5.62. The molecule has 0 aliphatic carbocycles. The molecule has 110 valence electrons. The summed E-state index contributed by atoms with van der Waals surface area (Å²) >= 11 is 5.99. The summed E-state index contributed by atoms with van der Waals surface area (Å²) < 4.78 is 25.7. The van der Waals surface area contributed by atoms with Gasteiger partial charge >= 0.3 is 0 Å². The normalized spacial score (nSPS) is 24.2. The van der Waals surface area contributed by atoms with Gasteiger partial charge in [0.1, 0.15) is 17.4 Å². The van der Waals surface area contributed by atoms with Crippen LogP contribution in [0.4, 0.5) is 0 Å². The highest BCUT2D eigenvalue weighted by Crippen LogP contribution is 2.36. The first-order chi connectivity index (χ1) is 9.90. The maximum Gasteiger partial charge on any atom is 0.152 e. The number of fused-ring (bicyclic) bond motifs is 1. The molecule has 21 heavy (non-hydrogen) atoms. The van der Waals surface area contributed by atoms with Gasteiger partial charge in [0.2, 0.25) is 0 Å². The van der Waals surface area contributed by atoms with E-state index in [4.69, 9.17) is 11.6 Å². The molecule has 0 spiro atoms. The quantitative estimate of drug-likeness (QED) is 0.794. The minimum Gasteiger partial charge on any atom is -0.320 e. The number of alkyl halides is 1. The molecule has 0 bridgehead atoms. The zero-order valence-corrected chi connectivity index (χ0v) is 13.1.